The van der Waals surface area contributed by atoms with Crippen molar-refractivity contribution in [2.75, 3.05) is 25.1 Å². The maximum atomic E-state index is 13.1. The van der Waals surface area contributed by atoms with E-state index in [1.807, 2.05) is 18.9 Å². The molecule has 1 aromatic heterocycles. The summed E-state index contributed by atoms with van der Waals surface area (Å²) < 4.78 is 8.87. The summed E-state index contributed by atoms with van der Waals surface area (Å²) in [6.45, 7) is 5.32. The summed E-state index contributed by atoms with van der Waals surface area (Å²) in [6.07, 6.45) is 0.792. The highest BCUT2D eigenvalue weighted by Crippen LogP contribution is 2.50. The third-order valence-electron chi connectivity index (χ3n) is 5.75. The monoisotopic (exact) mass is 341 g/mol. The van der Waals surface area contributed by atoms with Gasteiger partial charge in [0.05, 0.1) is 11.0 Å². The van der Waals surface area contributed by atoms with E-state index in [1.165, 1.54) is 4.57 Å². The Labute approximate surface area is 146 Å². The molecule has 2 aliphatic rings. The highest BCUT2D eigenvalue weighted by atomic mass is 16.5. The Kier molecular flexibility index (Phi) is 3.20. The first-order valence-electron chi connectivity index (χ1n) is 8.54. The molecule has 2 aliphatic heterocycles. The van der Waals surface area contributed by atoms with Gasteiger partial charge in [0.1, 0.15) is 18.2 Å². The highest BCUT2D eigenvalue weighted by Gasteiger charge is 2.49. The van der Waals surface area contributed by atoms with Crippen LogP contribution in [0.25, 0.3) is 0 Å². The zero-order valence-electron chi connectivity index (χ0n) is 15.3. The first-order valence-corrected chi connectivity index (χ1v) is 8.54. The van der Waals surface area contributed by atoms with Crippen molar-refractivity contribution in [1.82, 2.24) is 9.13 Å². The van der Waals surface area contributed by atoms with Crippen molar-refractivity contribution in [2.24, 2.45) is 14.1 Å². The van der Waals surface area contributed by atoms with Crippen LogP contribution in [0.3, 0.4) is 0 Å². The van der Waals surface area contributed by atoms with Gasteiger partial charge in [0, 0.05) is 33.3 Å². The molecule has 1 spiro atoms. The molecule has 0 saturated carbocycles. The van der Waals surface area contributed by atoms with E-state index in [-0.39, 0.29) is 11.2 Å². The van der Waals surface area contributed by atoms with Crippen molar-refractivity contribution >= 4 is 5.82 Å². The number of hydrogen-bond acceptors (Lipinski definition) is 4. The van der Waals surface area contributed by atoms with Gasteiger partial charge in [0.15, 0.2) is 0 Å². The van der Waals surface area contributed by atoms with Crippen LogP contribution in [0.1, 0.15) is 28.7 Å². The molecule has 0 saturated heterocycles. The van der Waals surface area contributed by atoms with Crippen molar-refractivity contribution in [1.29, 1.82) is 0 Å². The van der Waals surface area contributed by atoms with Crippen LogP contribution < -0.4 is 20.9 Å². The first-order chi connectivity index (χ1) is 11.8. The maximum Gasteiger partial charge on any atom is 0.332 e. The Hall–Kier alpha value is -2.50. The Morgan fingerprint density at radius 2 is 1.80 bits per heavy atom. The fraction of sp³-hybridized carbons (Fsp3) is 0.474. The summed E-state index contributed by atoms with van der Waals surface area (Å²) in [5, 5.41) is 0. The van der Waals surface area contributed by atoms with E-state index >= 15 is 0 Å². The largest absolute Gasteiger partial charge is 0.492 e. The molecular formula is C19H23N3O3. The molecule has 2 aromatic rings. The number of rotatable bonds is 0. The van der Waals surface area contributed by atoms with Crippen LogP contribution in [0.2, 0.25) is 0 Å². The number of fused-ring (bicyclic) bond motifs is 4. The van der Waals surface area contributed by atoms with Crippen LogP contribution >= 0.6 is 0 Å². The molecule has 3 heterocycles. The van der Waals surface area contributed by atoms with Crippen molar-refractivity contribution in [3.8, 4) is 5.75 Å². The maximum absolute atomic E-state index is 13.1. The number of benzene rings is 1. The normalized spacial score (nSPS) is 21.2. The Balaban J connectivity index is 2.14. The predicted molar refractivity (Wildman–Crippen MR) is 97.0 cm³/mol. The van der Waals surface area contributed by atoms with Crippen LogP contribution in [0.15, 0.2) is 21.7 Å². The first kappa shape index (κ1) is 16.0. The van der Waals surface area contributed by atoms with Crippen LogP contribution in [0, 0.1) is 13.8 Å². The summed E-state index contributed by atoms with van der Waals surface area (Å²) in [7, 11) is 5.21. The lowest BCUT2D eigenvalue weighted by Crippen LogP contribution is -2.52. The molecule has 1 unspecified atom stereocenters. The smallest absolute Gasteiger partial charge is 0.332 e. The van der Waals surface area contributed by atoms with E-state index in [1.54, 1.807) is 18.7 Å². The summed E-state index contributed by atoms with van der Waals surface area (Å²) >= 11 is 0. The molecule has 0 bridgehead atoms. The Bertz CT molecular complexity index is 1020. The highest BCUT2D eigenvalue weighted by molar-refractivity contribution is 5.63. The fourth-order valence-corrected chi connectivity index (χ4v) is 4.48. The van der Waals surface area contributed by atoms with E-state index in [2.05, 4.69) is 19.1 Å². The van der Waals surface area contributed by atoms with Crippen LogP contribution in [0.4, 0.5) is 5.82 Å². The molecular weight excluding hydrogens is 318 g/mol. The van der Waals surface area contributed by atoms with E-state index in [0.717, 1.165) is 35.4 Å². The van der Waals surface area contributed by atoms with Gasteiger partial charge in [-0.05, 0) is 25.8 Å². The van der Waals surface area contributed by atoms with Gasteiger partial charge in [-0.1, -0.05) is 17.7 Å². The SMILES string of the molecule is Cc1cc(C)c2c(c1)C1(CCN(C)c3c1c(=O)n(C)c(=O)n3C)CO2. The second-order valence-electron chi connectivity index (χ2n) is 7.41. The van der Waals surface area contributed by atoms with E-state index < -0.39 is 5.41 Å². The minimum Gasteiger partial charge on any atom is -0.492 e. The van der Waals surface area contributed by atoms with Gasteiger partial charge in [0.25, 0.3) is 5.56 Å². The van der Waals surface area contributed by atoms with Gasteiger partial charge in [-0.2, -0.15) is 0 Å². The van der Waals surface area contributed by atoms with Crippen molar-refractivity contribution in [3.63, 3.8) is 0 Å². The topological polar surface area (TPSA) is 56.5 Å². The number of ether oxygens (including phenoxy) is 1. The van der Waals surface area contributed by atoms with Gasteiger partial charge in [0.2, 0.25) is 0 Å². The number of hydrogen-bond donors (Lipinski definition) is 0. The van der Waals surface area contributed by atoms with Crippen molar-refractivity contribution in [3.05, 3.63) is 55.2 Å². The zero-order chi connectivity index (χ0) is 18.1. The van der Waals surface area contributed by atoms with E-state index in [9.17, 15) is 9.59 Å². The second-order valence-corrected chi connectivity index (χ2v) is 7.41. The summed E-state index contributed by atoms with van der Waals surface area (Å²) in [4.78, 5) is 27.6. The minimum atomic E-state index is -0.492. The van der Waals surface area contributed by atoms with Crippen LogP contribution in [-0.2, 0) is 19.5 Å². The average Bonchev–Trinajstić information content (AvgIpc) is 2.92. The van der Waals surface area contributed by atoms with E-state index in [4.69, 9.17) is 4.74 Å². The molecule has 1 aromatic carbocycles. The summed E-state index contributed by atoms with van der Waals surface area (Å²) in [5.74, 6) is 1.59. The molecule has 4 rings (SSSR count). The number of nitrogens with zero attached hydrogens (tertiary/aromatic N) is 3. The fourth-order valence-electron chi connectivity index (χ4n) is 4.48. The third kappa shape index (κ3) is 1.91. The molecule has 6 heteroatoms. The second kappa shape index (κ2) is 5.00. The third-order valence-corrected chi connectivity index (χ3v) is 5.75. The molecule has 25 heavy (non-hydrogen) atoms. The lowest BCUT2D eigenvalue weighted by molar-refractivity contribution is 0.274. The number of anilines is 1. The molecule has 0 N–H and O–H groups in total. The number of aromatic nitrogens is 2. The molecule has 1 atom stereocenters. The molecule has 0 radical (unpaired) electrons. The molecule has 6 nitrogen and oxygen atoms in total. The molecule has 0 fully saturated rings. The minimum absolute atomic E-state index is 0.222. The number of aryl methyl sites for hydroxylation is 2. The van der Waals surface area contributed by atoms with Crippen molar-refractivity contribution < 1.29 is 4.74 Å². The summed E-state index contributed by atoms with van der Waals surface area (Å²) in [5.41, 5.74) is 2.99. The lowest BCUT2D eigenvalue weighted by atomic mass is 9.71. The standard InChI is InChI=1S/C19H23N3O3/c1-11-8-12(2)15-13(9-11)19(10-25-15)6-7-20(3)16-14(19)17(23)22(5)18(24)21(16)4/h8-9H,6-7,10H2,1-5H3. The zero-order valence-corrected chi connectivity index (χ0v) is 15.3. The van der Waals surface area contributed by atoms with Gasteiger partial charge in [-0.25, -0.2) is 4.79 Å². The predicted octanol–water partition coefficient (Wildman–Crippen LogP) is 1.22. The average molecular weight is 341 g/mol. The van der Waals surface area contributed by atoms with Gasteiger partial charge >= 0.3 is 5.69 Å². The van der Waals surface area contributed by atoms with Gasteiger partial charge in [-0.15, -0.1) is 0 Å². The molecule has 0 amide bonds. The lowest BCUT2D eigenvalue weighted by Gasteiger charge is -2.40. The van der Waals surface area contributed by atoms with E-state index in [0.29, 0.717) is 18.0 Å². The Morgan fingerprint density at radius 1 is 1.08 bits per heavy atom. The van der Waals surface area contributed by atoms with Gasteiger partial charge < -0.3 is 9.64 Å². The Morgan fingerprint density at radius 3 is 2.52 bits per heavy atom. The van der Waals surface area contributed by atoms with Crippen LogP contribution in [0.5, 0.6) is 5.75 Å². The van der Waals surface area contributed by atoms with Gasteiger partial charge in [-0.3, -0.25) is 13.9 Å². The molecule has 0 aliphatic carbocycles. The van der Waals surface area contributed by atoms with Crippen molar-refractivity contribution in [2.45, 2.75) is 25.7 Å². The summed E-state index contributed by atoms with van der Waals surface area (Å²) in [6, 6.07) is 4.24. The quantitative estimate of drug-likeness (QED) is 0.723. The molecule has 132 valence electrons. The van der Waals surface area contributed by atoms with Crippen LogP contribution in [-0.4, -0.2) is 29.3 Å².